The molecule has 1 heterocycles. The van der Waals surface area contributed by atoms with Crippen LogP contribution in [0, 0.1) is 0 Å². The lowest BCUT2D eigenvalue weighted by atomic mass is 10.3. The molecule has 66 valence electrons. The second-order valence-corrected chi connectivity index (χ2v) is 2.60. The molecule has 1 fully saturated rings. The Bertz CT molecular complexity index is 211. The smallest absolute Gasteiger partial charge is 0.324 e. The van der Waals surface area contributed by atoms with E-state index in [1.54, 1.807) is 6.08 Å². The number of carbonyl (C=O) groups excluding carboxylic acids is 2. The van der Waals surface area contributed by atoms with Gasteiger partial charge < -0.3 is 5.32 Å². The predicted octanol–water partition coefficient (Wildman–Crippen LogP) is 0.681. The number of amides is 3. The van der Waals surface area contributed by atoms with E-state index in [9.17, 15) is 9.59 Å². The Labute approximate surface area is 75.2 Å². The van der Waals surface area contributed by atoms with Gasteiger partial charge in [0.15, 0.2) is 0 Å². The molecule has 0 saturated carbocycles. The molecule has 1 N–H and O–H groups in total. The summed E-state index contributed by atoms with van der Waals surface area (Å²) in [6, 6.07) is -0.346. The number of imide groups is 1. The molecular formula is C7H9ClN2O2. The van der Waals surface area contributed by atoms with Gasteiger partial charge in [0.05, 0.1) is 0 Å². The lowest BCUT2D eigenvalue weighted by Crippen LogP contribution is -2.49. The van der Waals surface area contributed by atoms with E-state index in [1.807, 2.05) is 0 Å². The van der Waals surface area contributed by atoms with Gasteiger partial charge >= 0.3 is 6.03 Å². The van der Waals surface area contributed by atoms with Gasteiger partial charge in [-0.05, 0) is 0 Å². The van der Waals surface area contributed by atoms with Crippen molar-refractivity contribution in [2.75, 3.05) is 13.1 Å². The van der Waals surface area contributed by atoms with Gasteiger partial charge in [0.25, 0.3) is 0 Å². The zero-order chi connectivity index (χ0) is 8.97. The zero-order valence-corrected chi connectivity index (χ0v) is 7.17. The maximum absolute atomic E-state index is 11.1. The number of hydrogen-bond donors (Lipinski definition) is 1. The third kappa shape index (κ3) is 1.98. The van der Waals surface area contributed by atoms with Crippen LogP contribution in [-0.2, 0) is 4.79 Å². The fourth-order valence-corrected chi connectivity index (χ4v) is 1.03. The first-order valence-corrected chi connectivity index (χ1v) is 4.03. The highest BCUT2D eigenvalue weighted by Gasteiger charge is 2.23. The van der Waals surface area contributed by atoms with E-state index in [-0.39, 0.29) is 18.5 Å². The minimum atomic E-state index is -0.346. The predicted molar refractivity (Wildman–Crippen MR) is 44.7 cm³/mol. The minimum Gasteiger partial charge on any atom is -0.337 e. The van der Waals surface area contributed by atoms with Gasteiger partial charge in [-0.3, -0.25) is 9.69 Å². The van der Waals surface area contributed by atoms with Gasteiger partial charge in [-0.25, -0.2) is 4.79 Å². The lowest BCUT2D eigenvalue weighted by molar-refractivity contribution is -0.128. The fraction of sp³-hybridized carbons (Fsp3) is 0.429. The highest BCUT2D eigenvalue weighted by atomic mass is 35.5. The number of rotatable bonds is 2. The Kier molecular flexibility index (Phi) is 3.10. The van der Waals surface area contributed by atoms with Crippen LogP contribution in [0.2, 0.25) is 0 Å². The summed E-state index contributed by atoms with van der Waals surface area (Å²) in [5, 5.41) is 2.56. The lowest BCUT2D eigenvalue weighted by Gasteiger charge is -2.24. The molecule has 0 aliphatic carbocycles. The molecule has 1 rings (SSSR count). The third-order valence-corrected chi connectivity index (χ3v) is 1.72. The van der Waals surface area contributed by atoms with E-state index in [0.717, 1.165) is 4.90 Å². The van der Waals surface area contributed by atoms with Gasteiger partial charge in [-0.1, -0.05) is 17.7 Å². The number of nitrogens with one attached hydrogen (secondary N) is 1. The van der Waals surface area contributed by atoms with Crippen molar-refractivity contribution in [1.82, 2.24) is 10.2 Å². The van der Waals surface area contributed by atoms with Crippen LogP contribution in [-0.4, -0.2) is 29.9 Å². The van der Waals surface area contributed by atoms with Crippen molar-refractivity contribution in [3.63, 3.8) is 0 Å². The molecular weight excluding hydrogens is 180 g/mol. The molecule has 0 bridgehead atoms. The zero-order valence-electron chi connectivity index (χ0n) is 6.42. The molecule has 1 aliphatic heterocycles. The van der Waals surface area contributed by atoms with Crippen LogP contribution in [0.4, 0.5) is 4.79 Å². The first-order valence-electron chi connectivity index (χ1n) is 3.59. The van der Waals surface area contributed by atoms with E-state index < -0.39 is 0 Å². The van der Waals surface area contributed by atoms with Crippen molar-refractivity contribution in [3.05, 3.63) is 11.6 Å². The molecule has 4 nitrogen and oxygen atoms in total. The maximum atomic E-state index is 11.1. The standard InChI is InChI=1S/C7H9ClN2O2/c8-3-1-5-10-6(11)2-4-9-7(10)12/h1,3H,2,4-5H2,(H,9,12)/b3-1+. The van der Waals surface area contributed by atoms with Crippen molar-refractivity contribution >= 4 is 23.5 Å². The topological polar surface area (TPSA) is 49.4 Å². The second kappa shape index (κ2) is 4.11. The van der Waals surface area contributed by atoms with Gasteiger partial charge in [-0.2, -0.15) is 0 Å². The largest absolute Gasteiger partial charge is 0.337 e. The Morgan fingerprint density at radius 1 is 1.58 bits per heavy atom. The monoisotopic (exact) mass is 188 g/mol. The van der Waals surface area contributed by atoms with Crippen molar-refractivity contribution in [2.24, 2.45) is 0 Å². The molecule has 0 aromatic rings. The van der Waals surface area contributed by atoms with E-state index in [2.05, 4.69) is 5.32 Å². The minimum absolute atomic E-state index is 0.159. The number of nitrogens with zero attached hydrogens (tertiary/aromatic N) is 1. The Balaban J connectivity index is 2.57. The molecule has 0 atom stereocenters. The molecule has 1 saturated heterocycles. The van der Waals surface area contributed by atoms with Crippen LogP contribution in [0.25, 0.3) is 0 Å². The van der Waals surface area contributed by atoms with Crippen LogP contribution < -0.4 is 5.32 Å². The maximum Gasteiger partial charge on any atom is 0.324 e. The number of halogens is 1. The number of urea groups is 1. The first kappa shape index (κ1) is 9.06. The SMILES string of the molecule is O=C1CCNC(=O)N1C/C=C/Cl. The van der Waals surface area contributed by atoms with Crippen LogP contribution in [0.15, 0.2) is 11.6 Å². The van der Waals surface area contributed by atoms with Crippen molar-refractivity contribution in [1.29, 1.82) is 0 Å². The van der Waals surface area contributed by atoms with Gasteiger partial charge in [0.2, 0.25) is 5.91 Å². The Hall–Kier alpha value is -1.03. The highest BCUT2D eigenvalue weighted by Crippen LogP contribution is 2.01. The molecule has 5 heteroatoms. The van der Waals surface area contributed by atoms with E-state index in [1.165, 1.54) is 5.54 Å². The Morgan fingerprint density at radius 2 is 2.33 bits per heavy atom. The quantitative estimate of drug-likeness (QED) is 0.693. The van der Waals surface area contributed by atoms with Gasteiger partial charge in [0, 0.05) is 25.0 Å². The fourth-order valence-electron chi connectivity index (χ4n) is 0.950. The molecule has 0 aromatic carbocycles. The average molecular weight is 189 g/mol. The summed E-state index contributed by atoms with van der Waals surface area (Å²) in [7, 11) is 0. The molecule has 0 spiro atoms. The Morgan fingerprint density at radius 3 is 2.92 bits per heavy atom. The number of carbonyl (C=O) groups is 2. The van der Waals surface area contributed by atoms with Gasteiger partial charge in [0.1, 0.15) is 0 Å². The van der Waals surface area contributed by atoms with Crippen molar-refractivity contribution in [2.45, 2.75) is 6.42 Å². The summed E-state index contributed by atoms with van der Waals surface area (Å²) in [5.41, 5.74) is 1.29. The van der Waals surface area contributed by atoms with Crippen LogP contribution in [0.3, 0.4) is 0 Å². The van der Waals surface area contributed by atoms with E-state index in [4.69, 9.17) is 11.6 Å². The van der Waals surface area contributed by atoms with E-state index >= 15 is 0 Å². The summed E-state index contributed by atoms with van der Waals surface area (Å²) >= 11 is 5.27. The summed E-state index contributed by atoms with van der Waals surface area (Å²) in [6.07, 6.45) is 1.91. The van der Waals surface area contributed by atoms with Crippen LogP contribution in [0.1, 0.15) is 6.42 Å². The number of hydrogen-bond acceptors (Lipinski definition) is 2. The third-order valence-electron chi connectivity index (χ3n) is 1.54. The van der Waals surface area contributed by atoms with Crippen molar-refractivity contribution < 1.29 is 9.59 Å². The van der Waals surface area contributed by atoms with E-state index in [0.29, 0.717) is 13.0 Å². The second-order valence-electron chi connectivity index (χ2n) is 2.35. The summed E-state index contributed by atoms with van der Waals surface area (Å²) in [4.78, 5) is 23.3. The van der Waals surface area contributed by atoms with Crippen LogP contribution >= 0.6 is 11.6 Å². The molecule has 0 unspecified atom stereocenters. The van der Waals surface area contributed by atoms with Gasteiger partial charge in [-0.15, -0.1) is 0 Å². The molecule has 12 heavy (non-hydrogen) atoms. The summed E-state index contributed by atoms with van der Waals surface area (Å²) in [5.74, 6) is -0.159. The molecule has 3 amide bonds. The van der Waals surface area contributed by atoms with Crippen LogP contribution in [0.5, 0.6) is 0 Å². The molecule has 0 aromatic heterocycles. The highest BCUT2D eigenvalue weighted by molar-refractivity contribution is 6.25. The molecule has 1 aliphatic rings. The first-order chi connectivity index (χ1) is 5.75. The normalized spacial score (nSPS) is 18.6. The summed E-state index contributed by atoms with van der Waals surface area (Å²) < 4.78 is 0. The van der Waals surface area contributed by atoms with Crippen molar-refractivity contribution in [3.8, 4) is 0 Å². The summed E-state index contributed by atoms with van der Waals surface area (Å²) in [6.45, 7) is 0.674. The average Bonchev–Trinajstić information content (AvgIpc) is 2.04. The molecule has 0 radical (unpaired) electrons.